The number of rotatable bonds is 6. The summed E-state index contributed by atoms with van der Waals surface area (Å²) in [5.41, 5.74) is 1.15. The van der Waals surface area contributed by atoms with Crippen LogP contribution in [-0.4, -0.2) is 69.3 Å². The van der Waals surface area contributed by atoms with Crippen LogP contribution in [0.1, 0.15) is 47.0 Å². The summed E-state index contributed by atoms with van der Waals surface area (Å²) in [4.78, 5) is 30.2. The van der Waals surface area contributed by atoms with E-state index in [1.807, 2.05) is 12.1 Å². The van der Waals surface area contributed by atoms with Crippen LogP contribution in [0.3, 0.4) is 0 Å². The molecule has 3 aliphatic rings. The van der Waals surface area contributed by atoms with Gasteiger partial charge in [-0.1, -0.05) is 26.8 Å². The van der Waals surface area contributed by atoms with Crippen LogP contribution in [0.4, 0.5) is 5.69 Å². The van der Waals surface area contributed by atoms with Crippen molar-refractivity contribution in [2.75, 3.05) is 45.3 Å². The number of ether oxygens (including phenoxy) is 2. The number of amides is 1. The van der Waals surface area contributed by atoms with E-state index in [9.17, 15) is 9.59 Å². The van der Waals surface area contributed by atoms with E-state index in [-0.39, 0.29) is 37.3 Å². The van der Waals surface area contributed by atoms with Crippen LogP contribution in [0.15, 0.2) is 24.3 Å². The summed E-state index contributed by atoms with van der Waals surface area (Å²) in [5, 5.41) is 3.27. The zero-order valence-electron chi connectivity index (χ0n) is 20.5. The Morgan fingerprint density at radius 1 is 1.12 bits per heavy atom. The van der Waals surface area contributed by atoms with Crippen molar-refractivity contribution in [2.45, 2.75) is 59.0 Å². The van der Waals surface area contributed by atoms with Gasteiger partial charge in [0.05, 0.1) is 26.7 Å². The standard InChI is InChI=1S/C26H39N3O4.CH4/c1-17-8-9-19-13-23(26(31)33-4)25(22(19)12-17)27-24(30)16-28-10-11-29(18(2)15-28)20-6-5-7-21(14-20)32-3;/h5-7,14,17-19,22-23,25H,8-13,15-16H2,1-4H3,(H,27,30);1H4. The molecule has 1 N–H and O–H groups in total. The zero-order valence-corrected chi connectivity index (χ0v) is 20.5. The van der Waals surface area contributed by atoms with Crippen LogP contribution in [0.2, 0.25) is 0 Å². The SMILES string of the molecule is C.COC(=O)C1CC2CCC(C)CC2C1NC(=O)CN1CCN(c2cccc(OC)c2)C(C)C1. The molecule has 0 aromatic heterocycles. The lowest BCUT2D eigenvalue weighted by Gasteiger charge is -2.41. The number of carbonyl (C=O) groups excluding carboxylic acids is 2. The number of fused-ring (bicyclic) bond motifs is 1. The van der Waals surface area contributed by atoms with Crippen LogP contribution in [0.25, 0.3) is 0 Å². The summed E-state index contributed by atoms with van der Waals surface area (Å²) in [6.45, 7) is 7.35. The van der Waals surface area contributed by atoms with E-state index in [1.54, 1.807) is 7.11 Å². The summed E-state index contributed by atoms with van der Waals surface area (Å²) in [6.07, 6.45) is 4.28. The highest BCUT2D eigenvalue weighted by atomic mass is 16.5. The first kappa shape index (κ1) is 26.3. The molecule has 0 bridgehead atoms. The molecule has 1 aliphatic heterocycles. The summed E-state index contributed by atoms with van der Waals surface area (Å²) in [5.74, 6) is 2.02. The molecular weight excluding hydrogens is 430 g/mol. The minimum atomic E-state index is -0.219. The van der Waals surface area contributed by atoms with Gasteiger partial charge in [-0.3, -0.25) is 14.5 Å². The quantitative estimate of drug-likeness (QED) is 0.637. The third-order valence-electron chi connectivity index (χ3n) is 8.06. The number of methoxy groups -OCH3 is 2. The largest absolute Gasteiger partial charge is 0.497 e. The van der Waals surface area contributed by atoms with Crippen LogP contribution < -0.4 is 15.0 Å². The zero-order chi connectivity index (χ0) is 23.5. The Balaban J connectivity index is 0.00000324. The van der Waals surface area contributed by atoms with Crippen LogP contribution in [0.5, 0.6) is 5.75 Å². The number of nitrogens with one attached hydrogen (secondary N) is 1. The van der Waals surface area contributed by atoms with Gasteiger partial charge in [0, 0.05) is 43.5 Å². The van der Waals surface area contributed by atoms with E-state index in [0.717, 1.165) is 50.3 Å². The highest BCUT2D eigenvalue weighted by molar-refractivity contribution is 5.80. The van der Waals surface area contributed by atoms with Crippen LogP contribution in [-0.2, 0) is 14.3 Å². The van der Waals surface area contributed by atoms with Gasteiger partial charge in [0.25, 0.3) is 0 Å². The molecule has 2 saturated carbocycles. The van der Waals surface area contributed by atoms with Crippen molar-refractivity contribution in [3.8, 4) is 5.75 Å². The van der Waals surface area contributed by atoms with Crippen molar-refractivity contribution in [3.63, 3.8) is 0 Å². The molecule has 0 radical (unpaired) electrons. The number of benzene rings is 1. The summed E-state index contributed by atoms with van der Waals surface area (Å²) in [7, 11) is 3.14. The molecule has 34 heavy (non-hydrogen) atoms. The van der Waals surface area contributed by atoms with E-state index in [0.29, 0.717) is 24.3 Å². The molecule has 1 heterocycles. The molecule has 1 aromatic rings. The smallest absolute Gasteiger partial charge is 0.310 e. The number of nitrogens with zero attached hydrogens (tertiary/aromatic N) is 2. The average molecular weight is 474 g/mol. The third-order valence-corrected chi connectivity index (χ3v) is 8.06. The molecular formula is C27H43N3O4. The molecule has 0 spiro atoms. The number of anilines is 1. The number of hydrogen-bond acceptors (Lipinski definition) is 6. The normalized spacial score (nSPS) is 31.2. The molecule has 1 aromatic carbocycles. The molecule has 190 valence electrons. The van der Waals surface area contributed by atoms with Gasteiger partial charge in [0.2, 0.25) is 5.91 Å². The van der Waals surface area contributed by atoms with Crippen molar-refractivity contribution < 1.29 is 19.1 Å². The maximum atomic E-state index is 13.1. The number of hydrogen-bond donors (Lipinski definition) is 1. The molecule has 3 fully saturated rings. The van der Waals surface area contributed by atoms with E-state index in [4.69, 9.17) is 9.47 Å². The van der Waals surface area contributed by atoms with E-state index >= 15 is 0 Å². The molecule has 1 saturated heterocycles. The van der Waals surface area contributed by atoms with Crippen molar-refractivity contribution in [1.29, 1.82) is 0 Å². The highest BCUT2D eigenvalue weighted by Crippen LogP contribution is 2.47. The second kappa shape index (κ2) is 11.4. The molecule has 2 aliphatic carbocycles. The summed E-state index contributed by atoms with van der Waals surface area (Å²) >= 11 is 0. The first-order valence-electron chi connectivity index (χ1n) is 12.4. The average Bonchev–Trinajstić information content (AvgIpc) is 3.16. The molecule has 7 nitrogen and oxygen atoms in total. The Hall–Kier alpha value is -2.28. The molecule has 6 unspecified atom stereocenters. The topological polar surface area (TPSA) is 71.1 Å². The maximum Gasteiger partial charge on any atom is 0.310 e. The summed E-state index contributed by atoms with van der Waals surface area (Å²) < 4.78 is 10.5. The Kier molecular flexibility index (Phi) is 8.85. The molecule has 4 rings (SSSR count). The van der Waals surface area contributed by atoms with Crippen molar-refractivity contribution in [1.82, 2.24) is 10.2 Å². The second-order valence-electron chi connectivity index (χ2n) is 10.3. The van der Waals surface area contributed by atoms with Gasteiger partial charge in [0.1, 0.15) is 5.75 Å². The Labute approximate surface area is 205 Å². The first-order valence-corrected chi connectivity index (χ1v) is 12.4. The van der Waals surface area contributed by atoms with E-state index in [2.05, 4.69) is 41.1 Å². The predicted molar refractivity (Wildman–Crippen MR) is 135 cm³/mol. The van der Waals surface area contributed by atoms with E-state index in [1.165, 1.54) is 13.5 Å². The van der Waals surface area contributed by atoms with Gasteiger partial charge in [-0.05, 0) is 56.1 Å². The van der Waals surface area contributed by atoms with E-state index < -0.39 is 0 Å². The van der Waals surface area contributed by atoms with Gasteiger partial charge in [-0.2, -0.15) is 0 Å². The number of piperazine rings is 1. The minimum absolute atomic E-state index is 0. The van der Waals surface area contributed by atoms with Gasteiger partial charge >= 0.3 is 5.97 Å². The lowest BCUT2D eigenvalue weighted by atomic mass is 9.75. The lowest BCUT2D eigenvalue weighted by Crippen LogP contribution is -2.55. The fourth-order valence-corrected chi connectivity index (χ4v) is 6.38. The molecule has 6 atom stereocenters. The first-order chi connectivity index (χ1) is 15.9. The Morgan fingerprint density at radius 2 is 1.91 bits per heavy atom. The fraction of sp³-hybridized carbons (Fsp3) is 0.704. The summed E-state index contributed by atoms with van der Waals surface area (Å²) in [6, 6.07) is 8.32. The van der Waals surface area contributed by atoms with Gasteiger partial charge in [0.15, 0.2) is 0 Å². The monoisotopic (exact) mass is 473 g/mol. The third kappa shape index (κ3) is 5.68. The van der Waals surface area contributed by atoms with Crippen molar-refractivity contribution >= 4 is 17.6 Å². The van der Waals surface area contributed by atoms with Gasteiger partial charge in [-0.25, -0.2) is 0 Å². The number of carbonyl (C=O) groups is 2. The predicted octanol–water partition coefficient (Wildman–Crippen LogP) is 3.57. The fourth-order valence-electron chi connectivity index (χ4n) is 6.38. The van der Waals surface area contributed by atoms with Crippen molar-refractivity contribution in [3.05, 3.63) is 24.3 Å². The van der Waals surface area contributed by atoms with Gasteiger partial charge < -0.3 is 19.7 Å². The van der Waals surface area contributed by atoms with Crippen LogP contribution >= 0.6 is 0 Å². The number of esters is 1. The van der Waals surface area contributed by atoms with Gasteiger partial charge in [-0.15, -0.1) is 0 Å². The van der Waals surface area contributed by atoms with Crippen molar-refractivity contribution in [2.24, 2.45) is 23.7 Å². The minimum Gasteiger partial charge on any atom is -0.497 e. The second-order valence-corrected chi connectivity index (χ2v) is 10.3. The Bertz CT molecular complexity index is 847. The highest BCUT2D eigenvalue weighted by Gasteiger charge is 2.49. The molecule has 1 amide bonds. The lowest BCUT2D eigenvalue weighted by molar-refractivity contribution is -0.146. The van der Waals surface area contributed by atoms with Crippen LogP contribution in [0, 0.1) is 23.7 Å². The molecule has 7 heteroatoms. The Morgan fingerprint density at radius 3 is 2.62 bits per heavy atom. The maximum absolute atomic E-state index is 13.1.